The summed E-state index contributed by atoms with van der Waals surface area (Å²) in [5.41, 5.74) is 5.64. The lowest BCUT2D eigenvalue weighted by atomic mass is 10.0. The first-order valence-electron chi connectivity index (χ1n) is 2.95. The van der Waals surface area contributed by atoms with Gasteiger partial charge in [-0.2, -0.15) is 0 Å². The normalized spacial score (nSPS) is 50.9. The Bertz CT molecular complexity index is 132. The zero-order valence-electron chi connectivity index (χ0n) is 4.58. The fourth-order valence-corrected chi connectivity index (χ4v) is 1.31. The van der Waals surface area contributed by atoms with E-state index in [0.29, 0.717) is 6.10 Å². The van der Waals surface area contributed by atoms with Crippen LogP contribution in [0, 0.1) is 0 Å². The summed E-state index contributed by atoms with van der Waals surface area (Å²) in [5, 5.41) is 0. The Morgan fingerprint density at radius 2 is 2.38 bits per heavy atom. The highest BCUT2D eigenvalue weighted by molar-refractivity contribution is 5.12. The van der Waals surface area contributed by atoms with Crippen LogP contribution in [0.15, 0.2) is 12.2 Å². The van der Waals surface area contributed by atoms with Crippen molar-refractivity contribution in [2.24, 2.45) is 5.73 Å². The summed E-state index contributed by atoms with van der Waals surface area (Å²) < 4.78 is 5.35. The second kappa shape index (κ2) is 1.33. The number of hydrogen-bond acceptors (Lipinski definition) is 2. The van der Waals surface area contributed by atoms with Crippen LogP contribution in [0.2, 0.25) is 0 Å². The van der Waals surface area contributed by atoms with Crippen molar-refractivity contribution >= 4 is 0 Å². The molecule has 1 saturated heterocycles. The highest BCUT2D eigenvalue weighted by Crippen LogP contribution is 2.26. The van der Waals surface area contributed by atoms with Crippen molar-refractivity contribution in [3.8, 4) is 0 Å². The summed E-state index contributed by atoms with van der Waals surface area (Å²) in [5.74, 6) is 0. The zero-order chi connectivity index (χ0) is 5.56. The molecule has 2 aliphatic rings. The predicted octanol–water partition coefficient (Wildman–Crippen LogP) is 0.0410. The van der Waals surface area contributed by atoms with Crippen molar-refractivity contribution in [2.75, 3.05) is 0 Å². The average molecular weight is 111 g/mol. The van der Waals surface area contributed by atoms with Crippen LogP contribution in [-0.4, -0.2) is 18.2 Å². The number of ether oxygens (including phenoxy) is 1. The van der Waals surface area contributed by atoms with Crippen molar-refractivity contribution < 1.29 is 4.74 Å². The molecular formula is C6H9NO. The van der Waals surface area contributed by atoms with E-state index in [1.54, 1.807) is 0 Å². The number of hydrogen-bond donors (Lipinski definition) is 1. The zero-order valence-corrected chi connectivity index (χ0v) is 4.58. The maximum absolute atomic E-state index is 5.64. The van der Waals surface area contributed by atoms with E-state index < -0.39 is 0 Å². The van der Waals surface area contributed by atoms with Crippen molar-refractivity contribution in [3.63, 3.8) is 0 Å². The summed E-state index contributed by atoms with van der Waals surface area (Å²) >= 11 is 0. The van der Waals surface area contributed by atoms with Crippen LogP contribution in [-0.2, 0) is 4.74 Å². The largest absolute Gasteiger partial charge is 0.365 e. The minimum atomic E-state index is 0.236. The third-order valence-electron chi connectivity index (χ3n) is 1.77. The Morgan fingerprint density at radius 3 is 2.62 bits per heavy atom. The second-order valence-electron chi connectivity index (χ2n) is 2.42. The van der Waals surface area contributed by atoms with Crippen LogP contribution >= 0.6 is 0 Å². The van der Waals surface area contributed by atoms with Gasteiger partial charge in [0.1, 0.15) is 0 Å². The minimum Gasteiger partial charge on any atom is -0.365 e. The van der Waals surface area contributed by atoms with Gasteiger partial charge in [-0.15, -0.1) is 0 Å². The van der Waals surface area contributed by atoms with Crippen LogP contribution < -0.4 is 5.73 Å². The van der Waals surface area contributed by atoms with Gasteiger partial charge in [0, 0.05) is 6.04 Å². The van der Waals surface area contributed by atoms with Crippen molar-refractivity contribution in [3.05, 3.63) is 12.2 Å². The number of rotatable bonds is 0. The Hall–Kier alpha value is -0.340. The van der Waals surface area contributed by atoms with Crippen LogP contribution in [0.5, 0.6) is 0 Å². The first-order chi connectivity index (χ1) is 3.86. The Kier molecular flexibility index (Phi) is 0.754. The average Bonchev–Trinajstić information content (AvgIpc) is 2.23. The van der Waals surface area contributed by atoms with Gasteiger partial charge in [-0.05, 0) is 6.42 Å². The van der Waals surface area contributed by atoms with Crippen molar-refractivity contribution in [1.29, 1.82) is 0 Å². The summed E-state index contributed by atoms with van der Waals surface area (Å²) in [4.78, 5) is 0. The molecule has 0 aromatic rings. The molecule has 2 bridgehead atoms. The minimum absolute atomic E-state index is 0.236. The van der Waals surface area contributed by atoms with Gasteiger partial charge in [-0.1, -0.05) is 12.2 Å². The molecule has 8 heavy (non-hydrogen) atoms. The molecule has 0 amide bonds. The Balaban J connectivity index is 2.23. The second-order valence-corrected chi connectivity index (χ2v) is 2.42. The molecule has 0 radical (unpaired) electrons. The van der Waals surface area contributed by atoms with E-state index in [0.717, 1.165) is 6.42 Å². The lowest BCUT2D eigenvalue weighted by Crippen LogP contribution is -2.28. The molecule has 0 spiro atoms. The smallest absolute Gasteiger partial charge is 0.0916 e. The Morgan fingerprint density at radius 1 is 1.50 bits per heavy atom. The van der Waals surface area contributed by atoms with E-state index >= 15 is 0 Å². The summed E-state index contributed by atoms with van der Waals surface area (Å²) in [7, 11) is 0. The summed E-state index contributed by atoms with van der Waals surface area (Å²) in [6.45, 7) is 0. The molecule has 3 unspecified atom stereocenters. The SMILES string of the molecule is NC1CC2C=CC1O2. The number of fused-ring (bicyclic) bond motifs is 2. The highest BCUT2D eigenvalue weighted by Gasteiger charge is 2.33. The van der Waals surface area contributed by atoms with E-state index in [1.807, 2.05) is 0 Å². The molecule has 2 nitrogen and oxygen atoms in total. The molecule has 44 valence electrons. The van der Waals surface area contributed by atoms with E-state index in [-0.39, 0.29) is 12.1 Å². The molecule has 2 heterocycles. The summed E-state index contributed by atoms with van der Waals surface area (Å²) in [6.07, 6.45) is 5.74. The van der Waals surface area contributed by atoms with Gasteiger partial charge < -0.3 is 10.5 Å². The predicted molar refractivity (Wildman–Crippen MR) is 30.4 cm³/mol. The van der Waals surface area contributed by atoms with E-state index in [1.165, 1.54) is 0 Å². The van der Waals surface area contributed by atoms with Crippen molar-refractivity contribution in [1.82, 2.24) is 0 Å². The molecule has 0 aromatic heterocycles. The van der Waals surface area contributed by atoms with Crippen LogP contribution in [0.4, 0.5) is 0 Å². The monoisotopic (exact) mass is 111 g/mol. The van der Waals surface area contributed by atoms with Gasteiger partial charge >= 0.3 is 0 Å². The van der Waals surface area contributed by atoms with Gasteiger partial charge in [0.2, 0.25) is 0 Å². The van der Waals surface area contributed by atoms with Gasteiger partial charge in [-0.25, -0.2) is 0 Å². The molecule has 0 aromatic carbocycles. The van der Waals surface area contributed by atoms with Crippen molar-refractivity contribution in [2.45, 2.75) is 24.7 Å². The molecule has 2 aliphatic heterocycles. The number of nitrogens with two attached hydrogens (primary N) is 1. The van der Waals surface area contributed by atoms with Gasteiger partial charge in [0.25, 0.3) is 0 Å². The quantitative estimate of drug-likeness (QED) is 0.448. The molecule has 1 fully saturated rings. The maximum Gasteiger partial charge on any atom is 0.0916 e. The maximum atomic E-state index is 5.64. The fourth-order valence-electron chi connectivity index (χ4n) is 1.31. The van der Waals surface area contributed by atoms with Gasteiger partial charge in [0.05, 0.1) is 12.2 Å². The van der Waals surface area contributed by atoms with E-state index in [2.05, 4.69) is 12.2 Å². The molecule has 2 heteroatoms. The first-order valence-corrected chi connectivity index (χ1v) is 2.95. The topological polar surface area (TPSA) is 35.2 Å². The third-order valence-corrected chi connectivity index (χ3v) is 1.77. The summed E-state index contributed by atoms with van der Waals surface area (Å²) in [6, 6.07) is 0.269. The highest BCUT2D eigenvalue weighted by atomic mass is 16.5. The lowest BCUT2D eigenvalue weighted by molar-refractivity contribution is 0.117. The third kappa shape index (κ3) is 0.443. The molecule has 0 saturated carbocycles. The molecule has 0 aliphatic carbocycles. The van der Waals surface area contributed by atoms with Crippen LogP contribution in [0.1, 0.15) is 6.42 Å². The van der Waals surface area contributed by atoms with E-state index in [9.17, 15) is 0 Å². The molecule has 2 rings (SSSR count). The van der Waals surface area contributed by atoms with E-state index in [4.69, 9.17) is 10.5 Å². The first kappa shape index (κ1) is 4.53. The Labute approximate surface area is 48.3 Å². The molecular weight excluding hydrogens is 102 g/mol. The molecule has 2 N–H and O–H groups in total. The van der Waals surface area contributed by atoms with Crippen LogP contribution in [0.3, 0.4) is 0 Å². The molecule has 3 atom stereocenters. The lowest BCUT2D eigenvalue weighted by Gasteiger charge is -2.06. The standard InChI is InChI=1S/C6H9NO/c7-5-3-4-1-2-6(5)8-4/h1-2,4-6H,3,7H2. The van der Waals surface area contributed by atoms with Gasteiger partial charge in [-0.3, -0.25) is 0 Å². The van der Waals surface area contributed by atoms with Crippen LogP contribution in [0.25, 0.3) is 0 Å². The van der Waals surface area contributed by atoms with Gasteiger partial charge in [0.15, 0.2) is 0 Å². The fraction of sp³-hybridized carbons (Fsp3) is 0.667.